The number of carbonyl (C=O) groups is 1. The third-order valence-corrected chi connectivity index (χ3v) is 7.62. The molecule has 0 aliphatic carbocycles. The SMILES string of the molecule is O=C(CCSc1nc2ccccc2c(=O)n1-c1ccccc1)N1c2ccccc2CCc2ccccc21. The lowest BCUT2D eigenvalue weighted by atomic mass is 10.0. The molecule has 5 nitrogen and oxygen atoms in total. The summed E-state index contributed by atoms with van der Waals surface area (Å²) in [5.41, 5.74) is 5.56. The van der Waals surface area contributed by atoms with Gasteiger partial charge in [-0.05, 0) is 60.4 Å². The number of aromatic nitrogens is 2. The number of benzene rings is 4. The van der Waals surface area contributed by atoms with E-state index in [0.717, 1.165) is 29.9 Å². The van der Waals surface area contributed by atoms with E-state index in [2.05, 4.69) is 12.1 Å². The highest BCUT2D eigenvalue weighted by Gasteiger charge is 2.25. The summed E-state index contributed by atoms with van der Waals surface area (Å²) in [7, 11) is 0. The van der Waals surface area contributed by atoms with Crippen molar-refractivity contribution in [2.45, 2.75) is 24.4 Å². The van der Waals surface area contributed by atoms with Crippen molar-refractivity contribution in [1.29, 1.82) is 0 Å². The molecule has 6 rings (SSSR count). The Balaban J connectivity index is 1.32. The number of anilines is 2. The maximum absolute atomic E-state index is 13.7. The van der Waals surface area contributed by atoms with E-state index in [0.29, 0.717) is 28.2 Å². The summed E-state index contributed by atoms with van der Waals surface area (Å²) in [6.45, 7) is 0. The van der Waals surface area contributed by atoms with Gasteiger partial charge in [0.15, 0.2) is 5.16 Å². The molecule has 4 aromatic carbocycles. The Morgan fingerprint density at radius 2 is 1.35 bits per heavy atom. The van der Waals surface area contributed by atoms with E-state index in [-0.39, 0.29) is 11.5 Å². The third kappa shape index (κ3) is 4.45. The fraction of sp³-hybridized carbons (Fsp3) is 0.129. The first-order valence-corrected chi connectivity index (χ1v) is 13.4. The van der Waals surface area contributed by atoms with Crippen LogP contribution < -0.4 is 10.5 Å². The van der Waals surface area contributed by atoms with Gasteiger partial charge in [-0.15, -0.1) is 0 Å². The molecular weight excluding hydrogens is 478 g/mol. The molecule has 1 aliphatic heterocycles. The predicted octanol–water partition coefficient (Wildman–Crippen LogP) is 6.33. The first kappa shape index (κ1) is 23.3. The average molecular weight is 504 g/mol. The van der Waals surface area contributed by atoms with Crippen LogP contribution in [0.5, 0.6) is 0 Å². The summed E-state index contributed by atoms with van der Waals surface area (Å²) in [5, 5.41) is 1.16. The molecule has 0 radical (unpaired) electrons. The van der Waals surface area contributed by atoms with E-state index in [4.69, 9.17) is 4.98 Å². The molecule has 2 heterocycles. The van der Waals surface area contributed by atoms with Crippen molar-refractivity contribution < 1.29 is 4.79 Å². The van der Waals surface area contributed by atoms with Crippen LogP contribution in [0.3, 0.4) is 0 Å². The van der Waals surface area contributed by atoms with Gasteiger partial charge < -0.3 is 0 Å². The monoisotopic (exact) mass is 503 g/mol. The minimum atomic E-state index is -0.110. The lowest BCUT2D eigenvalue weighted by molar-refractivity contribution is -0.117. The second-order valence-electron chi connectivity index (χ2n) is 8.97. The number of carbonyl (C=O) groups excluding carboxylic acids is 1. The van der Waals surface area contributed by atoms with Crippen LogP contribution in [0, 0.1) is 0 Å². The maximum Gasteiger partial charge on any atom is 0.266 e. The number of nitrogens with zero attached hydrogens (tertiary/aromatic N) is 3. The van der Waals surface area contributed by atoms with E-state index < -0.39 is 0 Å². The molecule has 1 aromatic heterocycles. The van der Waals surface area contributed by atoms with Crippen LogP contribution in [0.15, 0.2) is 113 Å². The summed E-state index contributed by atoms with van der Waals surface area (Å²) >= 11 is 1.44. The van der Waals surface area contributed by atoms with E-state index in [1.807, 2.05) is 89.8 Å². The molecule has 0 saturated heterocycles. The molecule has 6 heteroatoms. The van der Waals surface area contributed by atoms with Crippen molar-refractivity contribution in [3.05, 3.63) is 125 Å². The van der Waals surface area contributed by atoms with Gasteiger partial charge in [0, 0.05) is 12.2 Å². The van der Waals surface area contributed by atoms with Crippen LogP contribution in [0.1, 0.15) is 17.5 Å². The van der Waals surface area contributed by atoms with Crippen LogP contribution in [0.25, 0.3) is 16.6 Å². The Bertz CT molecular complexity index is 1620. The quantitative estimate of drug-likeness (QED) is 0.208. The van der Waals surface area contributed by atoms with Crippen molar-refractivity contribution in [3.63, 3.8) is 0 Å². The zero-order valence-corrected chi connectivity index (χ0v) is 21.0. The second-order valence-corrected chi connectivity index (χ2v) is 10.0. The molecule has 0 saturated carbocycles. The Morgan fingerprint density at radius 1 is 0.757 bits per heavy atom. The number of hydrogen-bond donors (Lipinski definition) is 0. The van der Waals surface area contributed by atoms with E-state index >= 15 is 0 Å². The van der Waals surface area contributed by atoms with Crippen molar-refractivity contribution in [1.82, 2.24) is 9.55 Å². The van der Waals surface area contributed by atoms with Gasteiger partial charge in [-0.25, -0.2) is 4.98 Å². The van der Waals surface area contributed by atoms with Gasteiger partial charge in [-0.3, -0.25) is 19.1 Å². The van der Waals surface area contributed by atoms with Crippen LogP contribution in [0.4, 0.5) is 11.4 Å². The molecule has 37 heavy (non-hydrogen) atoms. The molecule has 5 aromatic rings. The first-order chi connectivity index (χ1) is 18.2. The summed E-state index contributed by atoms with van der Waals surface area (Å²) in [4.78, 5) is 33.8. The molecule has 0 unspecified atom stereocenters. The lowest BCUT2D eigenvalue weighted by Crippen LogP contribution is -2.27. The Kier molecular flexibility index (Phi) is 6.33. The maximum atomic E-state index is 13.7. The van der Waals surface area contributed by atoms with Gasteiger partial charge in [-0.1, -0.05) is 78.5 Å². The molecule has 1 aliphatic rings. The zero-order valence-electron chi connectivity index (χ0n) is 20.2. The van der Waals surface area contributed by atoms with Crippen LogP contribution in [-0.4, -0.2) is 21.2 Å². The summed E-state index contributed by atoms with van der Waals surface area (Å²) < 4.78 is 1.65. The number of para-hydroxylation sites is 4. The Labute approximate surface area is 219 Å². The van der Waals surface area contributed by atoms with E-state index in [9.17, 15) is 9.59 Å². The first-order valence-electron chi connectivity index (χ1n) is 12.4. The minimum absolute atomic E-state index is 0.0312. The number of fused-ring (bicyclic) bond motifs is 3. The second kappa shape index (κ2) is 10.1. The van der Waals surface area contributed by atoms with Gasteiger partial charge in [0.05, 0.1) is 28.0 Å². The van der Waals surface area contributed by atoms with E-state index in [1.165, 1.54) is 22.9 Å². The molecule has 182 valence electrons. The van der Waals surface area contributed by atoms with Gasteiger partial charge in [0.2, 0.25) is 5.91 Å². The molecule has 1 amide bonds. The standard InChI is InChI=1S/C31H25N3O2S/c35-29(34-27-16-8-4-10-22(27)18-19-23-11-5-9-17-28(23)34)20-21-37-31-32-26-15-7-6-14-25(26)30(36)33(31)24-12-2-1-3-13-24/h1-17H,18-21H2. The number of aryl methyl sites for hydroxylation is 2. The fourth-order valence-corrected chi connectivity index (χ4v) is 5.84. The van der Waals surface area contributed by atoms with Gasteiger partial charge >= 0.3 is 0 Å². The fourth-order valence-electron chi connectivity index (χ4n) is 4.90. The largest absolute Gasteiger partial charge is 0.280 e. The van der Waals surface area contributed by atoms with Crippen LogP contribution in [-0.2, 0) is 17.6 Å². The Hall–Kier alpha value is -4.16. The molecule has 0 N–H and O–H groups in total. The topological polar surface area (TPSA) is 55.2 Å². The lowest BCUT2D eigenvalue weighted by Gasteiger charge is -2.25. The highest BCUT2D eigenvalue weighted by Crippen LogP contribution is 2.36. The van der Waals surface area contributed by atoms with Gasteiger partial charge in [0.1, 0.15) is 0 Å². The number of thioether (sulfide) groups is 1. The summed E-state index contributed by atoms with van der Waals surface area (Å²) in [6.07, 6.45) is 2.11. The number of hydrogen-bond acceptors (Lipinski definition) is 4. The summed E-state index contributed by atoms with van der Waals surface area (Å²) in [5.74, 6) is 0.529. The molecular formula is C31H25N3O2S. The van der Waals surface area contributed by atoms with Crippen molar-refractivity contribution in [2.24, 2.45) is 0 Å². The minimum Gasteiger partial charge on any atom is -0.280 e. The average Bonchev–Trinajstić information content (AvgIpc) is 3.11. The van der Waals surface area contributed by atoms with Crippen molar-refractivity contribution in [2.75, 3.05) is 10.7 Å². The molecule has 0 spiro atoms. The molecule has 0 bridgehead atoms. The predicted molar refractivity (Wildman–Crippen MR) is 150 cm³/mol. The van der Waals surface area contributed by atoms with Gasteiger partial charge in [-0.2, -0.15) is 0 Å². The van der Waals surface area contributed by atoms with Crippen LogP contribution >= 0.6 is 11.8 Å². The highest BCUT2D eigenvalue weighted by atomic mass is 32.2. The van der Waals surface area contributed by atoms with Crippen molar-refractivity contribution >= 4 is 39.9 Å². The molecule has 0 fully saturated rings. The van der Waals surface area contributed by atoms with Crippen LogP contribution in [0.2, 0.25) is 0 Å². The van der Waals surface area contributed by atoms with Crippen molar-refractivity contribution in [3.8, 4) is 5.69 Å². The van der Waals surface area contributed by atoms with Gasteiger partial charge in [0.25, 0.3) is 5.56 Å². The Morgan fingerprint density at radius 3 is 2.05 bits per heavy atom. The highest BCUT2D eigenvalue weighted by molar-refractivity contribution is 7.99. The summed E-state index contributed by atoms with van der Waals surface area (Å²) in [6, 6.07) is 33.2. The normalized spacial score (nSPS) is 12.6. The number of rotatable bonds is 5. The van der Waals surface area contributed by atoms with E-state index in [1.54, 1.807) is 10.6 Å². The zero-order chi connectivity index (χ0) is 25.2. The third-order valence-electron chi connectivity index (χ3n) is 6.68. The smallest absolute Gasteiger partial charge is 0.266 e. The molecule has 0 atom stereocenters. The number of amides is 1.